The van der Waals surface area contributed by atoms with Gasteiger partial charge in [-0.1, -0.05) is 15.3 Å². The molecule has 0 saturated carbocycles. The van der Waals surface area contributed by atoms with Crippen molar-refractivity contribution in [2.24, 2.45) is 10.3 Å². The van der Waals surface area contributed by atoms with E-state index in [0.29, 0.717) is 24.5 Å². The SMILES string of the molecule is CC(=NO)C(C)(C)NN(C)CCNC(C)(C)C(Cn1ccnc1[N+](=O)[O-])=NO. The highest BCUT2D eigenvalue weighted by Crippen LogP contribution is 2.13. The Morgan fingerprint density at radius 1 is 1.32 bits per heavy atom. The van der Waals surface area contributed by atoms with Crippen molar-refractivity contribution in [1.29, 1.82) is 0 Å². The Morgan fingerprint density at radius 3 is 2.50 bits per heavy atom. The molecule has 0 amide bonds. The predicted octanol–water partition coefficient (Wildman–Crippen LogP) is 1.05. The summed E-state index contributed by atoms with van der Waals surface area (Å²) in [6.07, 6.45) is 2.79. The number of hydrogen-bond acceptors (Lipinski definition) is 10. The lowest BCUT2D eigenvalue weighted by Gasteiger charge is -2.33. The maximum atomic E-state index is 11.0. The number of nitrogens with one attached hydrogen (secondary N) is 2. The first kappa shape index (κ1) is 23.5. The van der Waals surface area contributed by atoms with Crippen molar-refractivity contribution in [2.45, 2.75) is 52.2 Å². The molecule has 4 N–H and O–H groups in total. The van der Waals surface area contributed by atoms with Crippen LogP contribution in [0.15, 0.2) is 22.7 Å². The van der Waals surface area contributed by atoms with Crippen LogP contribution < -0.4 is 10.7 Å². The van der Waals surface area contributed by atoms with Gasteiger partial charge in [0.1, 0.15) is 24.7 Å². The molecule has 0 aliphatic rings. The van der Waals surface area contributed by atoms with Gasteiger partial charge in [-0.15, -0.1) is 0 Å². The maximum Gasteiger partial charge on any atom is 0.434 e. The second-order valence-corrected chi connectivity index (χ2v) is 7.55. The summed E-state index contributed by atoms with van der Waals surface area (Å²) in [5, 5.41) is 41.1. The van der Waals surface area contributed by atoms with E-state index in [1.54, 1.807) is 6.92 Å². The van der Waals surface area contributed by atoms with Crippen LogP contribution in [-0.2, 0) is 6.54 Å². The van der Waals surface area contributed by atoms with Crippen molar-refractivity contribution in [3.63, 3.8) is 0 Å². The van der Waals surface area contributed by atoms with E-state index in [0.717, 1.165) is 0 Å². The molecule has 158 valence electrons. The molecule has 0 unspecified atom stereocenters. The lowest BCUT2D eigenvalue weighted by atomic mass is 9.98. The topological polar surface area (TPSA) is 153 Å². The van der Waals surface area contributed by atoms with Crippen molar-refractivity contribution in [1.82, 2.24) is 25.3 Å². The molecule has 28 heavy (non-hydrogen) atoms. The number of rotatable bonds is 11. The van der Waals surface area contributed by atoms with Crippen molar-refractivity contribution in [3.05, 3.63) is 22.5 Å². The highest BCUT2D eigenvalue weighted by atomic mass is 16.6. The second kappa shape index (κ2) is 9.57. The normalized spacial score (nSPS) is 14.0. The average molecular weight is 398 g/mol. The van der Waals surface area contributed by atoms with Crippen LogP contribution in [0.2, 0.25) is 0 Å². The number of hydrogen-bond donors (Lipinski definition) is 4. The summed E-state index contributed by atoms with van der Waals surface area (Å²) < 4.78 is 1.31. The molecule has 12 nitrogen and oxygen atoms in total. The van der Waals surface area contributed by atoms with E-state index in [-0.39, 0.29) is 12.5 Å². The summed E-state index contributed by atoms with van der Waals surface area (Å²) in [4.78, 5) is 14.1. The number of aromatic nitrogens is 2. The summed E-state index contributed by atoms with van der Waals surface area (Å²) in [5.41, 5.74) is 2.87. The molecule has 0 aliphatic heterocycles. The minimum absolute atomic E-state index is 0.0279. The van der Waals surface area contributed by atoms with Crippen LogP contribution in [0.25, 0.3) is 0 Å². The molecule has 1 aromatic rings. The molecule has 0 bridgehead atoms. The standard InChI is InChI=1S/C16H30N8O4/c1-12(19-25)15(2,3)21-22(6)9-8-18-16(4,5)13(20-26)11-23-10-7-17-14(23)24(27)28/h7,10,18,21,25-26H,8-9,11H2,1-6H3. The Hall–Kier alpha value is -2.57. The number of oxime groups is 2. The van der Waals surface area contributed by atoms with Crippen LogP contribution in [-0.4, -0.2) is 72.5 Å². The summed E-state index contributed by atoms with van der Waals surface area (Å²) >= 11 is 0. The van der Waals surface area contributed by atoms with E-state index in [1.807, 2.05) is 39.8 Å². The number of hydrazine groups is 1. The first-order chi connectivity index (χ1) is 12.9. The van der Waals surface area contributed by atoms with Gasteiger partial charge < -0.3 is 25.8 Å². The van der Waals surface area contributed by atoms with Crippen LogP contribution in [0.5, 0.6) is 0 Å². The second-order valence-electron chi connectivity index (χ2n) is 7.55. The highest BCUT2D eigenvalue weighted by Gasteiger charge is 2.29. The number of nitrogens with zero attached hydrogens (tertiary/aromatic N) is 6. The van der Waals surface area contributed by atoms with Crippen LogP contribution in [0, 0.1) is 10.1 Å². The minimum atomic E-state index is -0.717. The van der Waals surface area contributed by atoms with E-state index in [2.05, 4.69) is 26.0 Å². The third-order valence-corrected chi connectivity index (χ3v) is 4.56. The van der Waals surface area contributed by atoms with Crippen molar-refractivity contribution < 1.29 is 15.3 Å². The molecule has 0 saturated heterocycles. The molecule has 0 atom stereocenters. The van der Waals surface area contributed by atoms with Crippen molar-refractivity contribution >= 4 is 17.4 Å². The fourth-order valence-corrected chi connectivity index (χ4v) is 2.49. The number of nitro groups is 1. The van der Waals surface area contributed by atoms with Gasteiger partial charge in [-0.05, 0) is 39.5 Å². The number of imidazole rings is 1. The molecule has 0 aromatic carbocycles. The van der Waals surface area contributed by atoms with Gasteiger partial charge in [0.15, 0.2) is 0 Å². The third kappa shape index (κ3) is 6.25. The lowest BCUT2D eigenvalue weighted by Crippen LogP contribution is -2.56. The van der Waals surface area contributed by atoms with Gasteiger partial charge in [0.25, 0.3) is 0 Å². The molecule has 0 aliphatic carbocycles. The van der Waals surface area contributed by atoms with Gasteiger partial charge in [-0.25, -0.2) is 15.0 Å². The van der Waals surface area contributed by atoms with Crippen LogP contribution >= 0.6 is 0 Å². The zero-order chi connectivity index (χ0) is 21.5. The summed E-state index contributed by atoms with van der Waals surface area (Å²) in [6.45, 7) is 10.3. The molecular weight excluding hydrogens is 368 g/mol. The monoisotopic (exact) mass is 398 g/mol. The van der Waals surface area contributed by atoms with E-state index < -0.39 is 16.0 Å². The minimum Gasteiger partial charge on any atom is -0.411 e. The number of likely N-dealkylation sites (N-methyl/N-ethyl adjacent to an activating group) is 1. The molecule has 1 heterocycles. The zero-order valence-electron chi connectivity index (χ0n) is 17.2. The van der Waals surface area contributed by atoms with Gasteiger partial charge in [-0.2, -0.15) is 0 Å². The quantitative estimate of drug-likeness (QED) is 0.187. The smallest absolute Gasteiger partial charge is 0.411 e. The molecule has 0 radical (unpaired) electrons. The first-order valence-corrected chi connectivity index (χ1v) is 8.74. The van der Waals surface area contributed by atoms with Gasteiger partial charge in [-0.3, -0.25) is 0 Å². The van der Waals surface area contributed by atoms with Crippen molar-refractivity contribution in [2.75, 3.05) is 20.1 Å². The third-order valence-electron chi connectivity index (χ3n) is 4.56. The maximum absolute atomic E-state index is 11.0. The van der Waals surface area contributed by atoms with Crippen LogP contribution in [0.4, 0.5) is 5.95 Å². The zero-order valence-corrected chi connectivity index (χ0v) is 17.2. The molecule has 0 spiro atoms. The van der Waals surface area contributed by atoms with Gasteiger partial charge in [0.2, 0.25) is 0 Å². The Morgan fingerprint density at radius 2 is 1.96 bits per heavy atom. The van der Waals surface area contributed by atoms with Gasteiger partial charge in [0.05, 0.1) is 16.8 Å². The largest absolute Gasteiger partial charge is 0.434 e. The van der Waals surface area contributed by atoms with Gasteiger partial charge in [0, 0.05) is 20.1 Å². The summed E-state index contributed by atoms with van der Waals surface area (Å²) in [6, 6.07) is 0. The van der Waals surface area contributed by atoms with Gasteiger partial charge >= 0.3 is 5.95 Å². The van der Waals surface area contributed by atoms with E-state index in [1.165, 1.54) is 17.0 Å². The Bertz CT molecular complexity index is 726. The molecule has 1 aromatic heterocycles. The fourth-order valence-electron chi connectivity index (χ4n) is 2.49. The van der Waals surface area contributed by atoms with E-state index >= 15 is 0 Å². The van der Waals surface area contributed by atoms with Crippen molar-refractivity contribution in [3.8, 4) is 0 Å². The summed E-state index contributed by atoms with van der Waals surface area (Å²) in [7, 11) is 1.86. The molecule has 1 rings (SSSR count). The molecule has 0 fully saturated rings. The van der Waals surface area contributed by atoms with Crippen LogP contribution in [0.3, 0.4) is 0 Å². The average Bonchev–Trinajstić information content (AvgIpc) is 3.06. The predicted molar refractivity (Wildman–Crippen MR) is 105 cm³/mol. The van der Waals surface area contributed by atoms with Crippen LogP contribution in [0.1, 0.15) is 34.6 Å². The Balaban J connectivity index is 2.66. The lowest BCUT2D eigenvalue weighted by molar-refractivity contribution is -0.396. The van der Waals surface area contributed by atoms with E-state index in [9.17, 15) is 15.3 Å². The first-order valence-electron chi connectivity index (χ1n) is 8.74. The Kier molecular flexibility index (Phi) is 8.02. The van der Waals surface area contributed by atoms with E-state index in [4.69, 9.17) is 5.21 Å². The molecule has 12 heteroatoms. The Labute approximate surface area is 164 Å². The molecular formula is C16H30N8O4. The fraction of sp³-hybridized carbons (Fsp3) is 0.688. The summed E-state index contributed by atoms with van der Waals surface area (Å²) in [5.74, 6) is -0.316. The highest BCUT2D eigenvalue weighted by molar-refractivity contribution is 5.92.